The van der Waals surface area contributed by atoms with Crippen molar-refractivity contribution in [2.75, 3.05) is 24.5 Å². The van der Waals surface area contributed by atoms with Gasteiger partial charge in [0.1, 0.15) is 11.0 Å². The zero-order chi connectivity index (χ0) is 9.97. The number of hydrogen-bond donors (Lipinski definition) is 1. The van der Waals surface area contributed by atoms with Gasteiger partial charge in [0.25, 0.3) is 0 Å². The van der Waals surface area contributed by atoms with Crippen LogP contribution in [0.15, 0.2) is 12.4 Å². The Hall–Kier alpha value is -0.870. The number of hydrogen-bond acceptors (Lipinski definition) is 4. The van der Waals surface area contributed by atoms with Gasteiger partial charge in [0.05, 0.1) is 12.4 Å². The van der Waals surface area contributed by atoms with Gasteiger partial charge in [-0.3, -0.25) is 4.98 Å². The summed E-state index contributed by atoms with van der Waals surface area (Å²) >= 11 is 5.80. The first-order valence-corrected chi connectivity index (χ1v) is 5.10. The van der Waals surface area contributed by atoms with Crippen molar-refractivity contribution in [2.45, 2.75) is 13.0 Å². The van der Waals surface area contributed by atoms with E-state index in [1.807, 2.05) is 0 Å². The molecule has 5 heteroatoms. The molecule has 0 unspecified atom stereocenters. The summed E-state index contributed by atoms with van der Waals surface area (Å²) in [7, 11) is 0. The second kappa shape index (κ2) is 4.11. The van der Waals surface area contributed by atoms with Crippen molar-refractivity contribution in [3.63, 3.8) is 0 Å². The maximum atomic E-state index is 5.80. The van der Waals surface area contributed by atoms with Crippen LogP contribution < -0.4 is 10.2 Å². The highest BCUT2D eigenvalue weighted by atomic mass is 35.5. The predicted molar refractivity (Wildman–Crippen MR) is 56.7 cm³/mol. The lowest BCUT2D eigenvalue weighted by Gasteiger charge is -2.34. The largest absolute Gasteiger partial charge is 0.350 e. The molecule has 1 N–H and O–H groups in total. The average molecular weight is 213 g/mol. The van der Waals surface area contributed by atoms with E-state index in [1.165, 1.54) is 0 Å². The highest BCUT2D eigenvalue weighted by molar-refractivity contribution is 6.29. The smallest absolute Gasteiger partial charge is 0.149 e. The predicted octanol–water partition coefficient (Wildman–Crippen LogP) is 0.928. The summed E-state index contributed by atoms with van der Waals surface area (Å²) < 4.78 is 0. The van der Waals surface area contributed by atoms with Gasteiger partial charge in [-0.2, -0.15) is 0 Å². The SMILES string of the molecule is C[C@@H]1CNCCN1c1cncc(Cl)n1. The number of rotatable bonds is 1. The van der Waals surface area contributed by atoms with Crippen molar-refractivity contribution in [3.8, 4) is 0 Å². The van der Waals surface area contributed by atoms with E-state index in [0.717, 1.165) is 25.5 Å². The summed E-state index contributed by atoms with van der Waals surface area (Å²) in [6.45, 7) is 5.08. The molecule has 0 saturated carbocycles. The van der Waals surface area contributed by atoms with Crippen LogP contribution >= 0.6 is 11.6 Å². The first-order valence-electron chi connectivity index (χ1n) is 4.72. The Morgan fingerprint density at radius 2 is 2.43 bits per heavy atom. The summed E-state index contributed by atoms with van der Waals surface area (Å²) in [5, 5.41) is 3.78. The molecule has 0 radical (unpaired) electrons. The number of halogens is 1. The van der Waals surface area contributed by atoms with Crippen LogP contribution in [0.25, 0.3) is 0 Å². The topological polar surface area (TPSA) is 41.0 Å². The Morgan fingerprint density at radius 3 is 3.14 bits per heavy atom. The van der Waals surface area contributed by atoms with Crippen molar-refractivity contribution < 1.29 is 0 Å². The molecule has 2 heterocycles. The maximum absolute atomic E-state index is 5.80. The molecule has 1 fully saturated rings. The first-order chi connectivity index (χ1) is 6.77. The summed E-state index contributed by atoms with van der Waals surface area (Å²) in [4.78, 5) is 10.5. The van der Waals surface area contributed by atoms with Crippen LogP contribution in [0.2, 0.25) is 5.15 Å². The molecule has 1 atom stereocenters. The molecule has 1 aromatic rings. The standard InChI is InChI=1S/C9H13ClN4/c1-7-4-11-2-3-14(7)9-6-12-5-8(10)13-9/h5-7,11H,2-4H2,1H3/t7-/m1/s1. The number of nitrogens with zero attached hydrogens (tertiary/aromatic N) is 3. The van der Waals surface area contributed by atoms with Crippen LogP contribution in [0.1, 0.15) is 6.92 Å². The molecule has 1 aromatic heterocycles. The third kappa shape index (κ3) is 1.96. The molecule has 0 aliphatic carbocycles. The van der Waals surface area contributed by atoms with Gasteiger partial charge in [-0.1, -0.05) is 11.6 Å². The van der Waals surface area contributed by atoms with Crippen LogP contribution in [0.5, 0.6) is 0 Å². The van der Waals surface area contributed by atoms with Crippen molar-refractivity contribution in [3.05, 3.63) is 17.5 Å². The third-order valence-corrected chi connectivity index (χ3v) is 2.57. The summed E-state index contributed by atoms with van der Waals surface area (Å²) in [6.07, 6.45) is 3.31. The monoisotopic (exact) mass is 212 g/mol. The molecule has 14 heavy (non-hydrogen) atoms. The van der Waals surface area contributed by atoms with Gasteiger partial charge < -0.3 is 10.2 Å². The Balaban J connectivity index is 2.20. The molecular weight excluding hydrogens is 200 g/mol. The van der Waals surface area contributed by atoms with E-state index in [0.29, 0.717) is 11.2 Å². The quantitative estimate of drug-likeness (QED) is 0.752. The second-order valence-electron chi connectivity index (χ2n) is 3.45. The Morgan fingerprint density at radius 1 is 1.57 bits per heavy atom. The summed E-state index contributed by atoms with van der Waals surface area (Å²) in [5.41, 5.74) is 0. The van der Waals surface area contributed by atoms with E-state index < -0.39 is 0 Å². The zero-order valence-corrected chi connectivity index (χ0v) is 8.83. The summed E-state index contributed by atoms with van der Waals surface area (Å²) in [5.74, 6) is 0.867. The normalized spacial score (nSPS) is 22.4. The van der Waals surface area contributed by atoms with E-state index in [1.54, 1.807) is 12.4 Å². The van der Waals surface area contributed by atoms with E-state index >= 15 is 0 Å². The fourth-order valence-electron chi connectivity index (χ4n) is 1.65. The molecule has 76 valence electrons. The van der Waals surface area contributed by atoms with Gasteiger partial charge in [-0.25, -0.2) is 4.98 Å². The van der Waals surface area contributed by atoms with Crippen LogP contribution in [-0.2, 0) is 0 Å². The summed E-state index contributed by atoms with van der Waals surface area (Å²) in [6, 6.07) is 0.441. The van der Waals surface area contributed by atoms with E-state index in [4.69, 9.17) is 11.6 Å². The molecule has 0 aromatic carbocycles. The molecule has 2 rings (SSSR count). The number of aromatic nitrogens is 2. The first kappa shape index (κ1) is 9.68. The zero-order valence-electron chi connectivity index (χ0n) is 8.07. The van der Waals surface area contributed by atoms with Crippen LogP contribution in [-0.4, -0.2) is 35.6 Å². The average Bonchev–Trinajstić information content (AvgIpc) is 2.18. The maximum Gasteiger partial charge on any atom is 0.149 e. The highest BCUT2D eigenvalue weighted by Gasteiger charge is 2.19. The number of anilines is 1. The lowest BCUT2D eigenvalue weighted by molar-refractivity contribution is 0.496. The van der Waals surface area contributed by atoms with Gasteiger partial charge in [0, 0.05) is 25.7 Å². The van der Waals surface area contributed by atoms with Gasteiger partial charge in [0.15, 0.2) is 0 Å². The van der Waals surface area contributed by atoms with Crippen molar-refractivity contribution in [1.29, 1.82) is 0 Å². The molecule has 1 aliphatic heterocycles. The van der Waals surface area contributed by atoms with E-state index in [9.17, 15) is 0 Å². The molecular formula is C9H13ClN4. The Bertz CT molecular complexity index is 317. The Kier molecular flexibility index (Phi) is 2.84. The number of piperazine rings is 1. The van der Waals surface area contributed by atoms with Crippen LogP contribution in [0.3, 0.4) is 0 Å². The van der Waals surface area contributed by atoms with Crippen LogP contribution in [0.4, 0.5) is 5.82 Å². The second-order valence-corrected chi connectivity index (χ2v) is 3.83. The van der Waals surface area contributed by atoms with Gasteiger partial charge in [-0.15, -0.1) is 0 Å². The minimum Gasteiger partial charge on any atom is -0.350 e. The van der Waals surface area contributed by atoms with Gasteiger partial charge >= 0.3 is 0 Å². The van der Waals surface area contributed by atoms with E-state index in [-0.39, 0.29) is 0 Å². The van der Waals surface area contributed by atoms with Crippen molar-refractivity contribution in [2.24, 2.45) is 0 Å². The third-order valence-electron chi connectivity index (χ3n) is 2.39. The molecule has 4 nitrogen and oxygen atoms in total. The van der Waals surface area contributed by atoms with Gasteiger partial charge in [0.2, 0.25) is 0 Å². The molecule has 0 spiro atoms. The molecule has 1 saturated heterocycles. The fourth-order valence-corrected chi connectivity index (χ4v) is 1.80. The highest BCUT2D eigenvalue weighted by Crippen LogP contribution is 2.16. The lowest BCUT2D eigenvalue weighted by Crippen LogP contribution is -2.50. The Labute approximate surface area is 88.3 Å². The van der Waals surface area contributed by atoms with Crippen LogP contribution in [0, 0.1) is 0 Å². The fraction of sp³-hybridized carbons (Fsp3) is 0.556. The lowest BCUT2D eigenvalue weighted by atomic mass is 10.2. The minimum absolute atomic E-state index is 0.441. The van der Waals surface area contributed by atoms with Gasteiger partial charge in [-0.05, 0) is 6.92 Å². The van der Waals surface area contributed by atoms with Crippen molar-refractivity contribution in [1.82, 2.24) is 15.3 Å². The number of nitrogens with one attached hydrogen (secondary N) is 1. The van der Waals surface area contributed by atoms with Crippen molar-refractivity contribution >= 4 is 17.4 Å². The minimum atomic E-state index is 0.441. The molecule has 0 amide bonds. The molecule has 1 aliphatic rings. The van der Waals surface area contributed by atoms with E-state index in [2.05, 4.69) is 27.1 Å². The molecule has 0 bridgehead atoms.